The highest BCUT2D eigenvalue weighted by Gasteiger charge is 2.07. The molecular weight excluding hydrogens is 389 g/mol. The van der Waals surface area contributed by atoms with E-state index in [9.17, 15) is 4.79 Å². The number of aromatic nitrogens is 2. The van der Waals surface area contributed by atoms with Gasteiger partial charge in [-0.3, -0.25) is 9.78 Å². The molecule has 3 rings (SSSR count). The van der Waals surface area contributed by atoms with Crippen molar-refractivity contribution in [2.24, 2.45) is 0 Å². The Bertz CT molecular complexity index is 884. The van der Waals surface area contributed by atoms with Crippen molar-refractivity contribution in [1.82, 2.24) is 15.3 Å². The highest BCUT2D eigenvalue weighted by atomic mass is 35.5. The maximum atomic E-state index is 12.0. The average Bonchev–Trinajstić information content (AvgIpc) is 3.12. The van der Waals surface area contributed by atoms with Crippen LogP contribution < -0.4 is 5.32 Å². The minimum absolute atomic E-state index is 0.0278. The number of nitrogens with one attached hydrogen (secondary N) is 1. The van der Waals surface area contributed by atoms with Gasteiger partial charge in [0.05, 0.1) is 27.2 Å². The molecule has 134 valence electrons. The minimum Gasteiger partial charge on any atom is -0.356 e. The summed E-state index contributed by atoms with van der Waals surface area (Å²) in [4.78, 5) is 20.7. The Morgan fingerprint density at radius 3 is 2.69 bits per heavy atom. The fourth-order valence-corrected chi connectivity index (χ4v) is 3.62. The second-order valence-corrected chi connectivity index (χ2v) is 7.50. The molecule has 0 fully saturated rings. The van der Waals surface area contributed by atoms with Gasteiger partial charge in [0.15, 0.2) is 0 Å². The Labute approximate surface area is 166 Å². The van der Waals surface area contributed by atoms with Crippen LogP contribution in [0.2, 0.25) is 10.0 Å². The molecule has 7 heteroatoms. The zero-order valence-corrected chi connectivity index (χ0v) is 16.2. The molecule has 0 bridgehead atoms. The Kier molecular flexibility index (Phi) is 6.61. The van der Waals surface area contributed by atoms with E-state index in [1.807, 2.05) is 23.6 Å². The van der Waals surface area contributed by atoms with Crippen molar-refractivity contribution in [2.45, 2.75) is 19.3 Å². The molecule has 3 aromatic rings. The van der Waals surface area contributed by atoms with E-state index in [1.54, 1.807) is 35.9 Å². The molecule has 1 N–H and O–H groups in total. The molecule has 0 aliphatic carbocycles. The van der Waals surface area contributed by atoms with Gasteiger partial charge >= 0.3 is 0 Å². The van der Waals surface area contributed by atoms with Crippen molar-refractivity contribution in [3.05, 3.63) is 68.7 Å². The Hall–Kier alpha value is -1.95. The minimum atomic E-state index is -0.0278. The molecule has 0 atom stereocenters. The van der Waals surface area contributed by atoms with E-state index in [1.165, 1.54) is 0 Å². The molecule has 4 nitrogen and oxygen atoms in total. The van der Waals surface area contributed by atoms with Gasteiger partial charge in [0.1, 0.15) is 0 Å². The van der Waals surface area contributed by atoms with Crippen LogP contribution in [0.15, 0.2) is 48.1 Å². The SMILES string of the molecule is O=C(Cc1ccc(Cl)c(Cl)c1)NCCCc1nc(-c2ccncc2)cs1. The number of rotatable bonds is 7. The summed E-state index contributed by atoms with van der Waals surface area (Å²) in [6.45, 7) is 0.615. The smallest absolute Gasteiger partial charge is 0.224 e. The molecule has 2 heterocycles. The summed E-state index contributed by atoms with van der Waals surface area (Å²) in [5.41, 5.74) is 2.88. The lowest BCUT2D eigenvalue weighted by Gasteiger charge is -2.05. The zero-order valence-electron chi connectivity index (χ0n) is 13.9. The van der Waals surface area contributed by atoms with E-state index in [-0.39, 0.29) is 5.91 Å². The van der Waals surface area contributed by atoms with E-state index in [2.05, 4.69) is 15.3 Å². The number of pyridine rings is 1. The number of hydrogen-bond acceptors (Lipinski definition) is 4. The molecule has 1 aromatic carbocycles. The van der Waals surface area contributed by atoms with Gasteiger partial charge in [-0.1, -0.05) is 29.3 Å². The first-order valence-corrected chi connectivity index (χ1v) is 9.81. The van der Waals surface area contributed by atoms with Crippen LogP contribution >= 0.6 is 34.5 Å². The van der Waals surface area contributed by atoms with Crippen LogP contribution in [0.3, 0.4) is 0 Å². The van der Waals surface area contributed by atoms with Gasteiger partial charge in [0.25, 0.3) is 0 Å². The highest BCUT2D eigenvalue weighted by Crippen LogP contribution is 2.23. The first-order valence-electron chi connectivity index (χ1n) is 8.17. The second-order valence-electron chi connectivity index (χ2n) is 5.74. The van der Waals surface area contributed by atoms with Gasteiger partial charge in [-0.25, -0.2) is 4.98 Å². The third kappa shape index (κ3) is 5.27. The van der Waals surface area contributed by atoms with Crippen molar-refractivity contribution in [3.8, 4) is 11.3 Å². The monoisotopic (exact) mass is 405 g/mol. The molecular formula is C19H17Cl2N3OS. The standard InChI is InChI=1S/C19H17Cl2N3OS/c20-15-4-3-13(10-16(15)21)11-18(25)23-7-1-2-19-24-17(12-26-19)14-5-8-22-9-6-14/h3-6,8-10,12H,1-2,7,11H2,(H,23,25). The second kappa shape index (κ2) is 9.12. The van der Waals surface area contributed by atoms with E-state index in [0.29, 0.717) is 23.0 Å². The maximum Gasteiger partial charge on any atom is 0.224 e. The summed E-state index contributed by atoms with van der Waals surface area (Å²) in [5, 5.41) is 7.00. The van der Waals surface area contributed by atoms with Crippen molar-refractivity contribution in [2.75, 3.05) is 6.54 Å². The summed E-state index contributed by atoms with van der Waals surface area (Å²) in [6, 6.07) is 9.13. The van der Waals surface area contributed by atoms with E-state index < -0.39 is 0 Å². The maximum absolute atomic E-state index is 12.0. The van der Waals surface area contributed by atoms with Crippen LogP contribution in [-0.2, 0) is 17.6 Å². The number of carbonyl (C=O) groups is 1. The van der Waals surface area contributed by atoms with Gasteiger partial charge in [-0.05, 0) is 36.2 Å². The highest BCUT2D eigenvalue weighted by molar-refractivity contribution is 7.09. The number of thiazole rings is 1. The summed E-state index contributed by atoms with van der Waals surface area (Å²) in [5.74, 6) is -0.0278. The Morgan fingerprint density at radius 2 is 1.92 bits per heavy atom. The topological polar surface area (TPSA) is 54.9 Å². The largest absolute Gasteiger partial charge is 0.356 e. The van der Waals surface area contributed by atoms with Crippen LogP contribution in [0.25, 0.3) is 11.3 Å². The average molecular weight is 406 g/mol. The van der Waals surface area contributed by atoms with E-state index >= 15 is 0 Å². The van der Waals surface area contributed by atoms with Crippen molar-refractivity contribution >= 4 is 40.4 Å². The zero-order chi connectivity index (χ0) is 18.4. The van der Waals surface area contributed by atoms with Crippen molar-refractivity contribution in [3.63, 3.8) is 0 Å². The van der Waals surface area contributed by atoms with Gasteiger partial charge < -0.3 is 5.32 Å². The van der Waals surface area contributed by atoms with Crippen LogP contribution in [0, 0.1) is 0 Å². The molecule has 0 spiro atoms. The van der Waals surface area contributed by atoms with Crippen LogP contribution in [-0.4, -0.2) is 22.4 Å². The number of benzene rings is 1. The lowest BCUT2D eigenvalue weighted by Crippen LogP contribution is -2.26. The molecule has 1 amide bonds. The molecule has 0 unspecified atom stereocenters. The molecule has 0 radical (unpaired) electrons. The number of halogens is 2. The van der Waals surface area contributed by atoms with Crippen LogP contribution in [0.4, 0.5) is 0 Å². The first-order chi connectivity index (χ1) is 12.6. The van der Waals surface area contributed by atoms with Crippen LogP contribution in [0.5, 0.6) is 0 Å². The quantitative estimate of drug-likeness (QED) is 0.574. The van der Waals surface area contributed by atoms with E-state index in [0.717, 1.165) is 34.7 Å². The summed E-state index contributed by atoms with van der Waals surface area (Å²) >= 11 is 13.5. The molecule has 0 aliphatic heterocycles. The van der Waals surface area contributed by atoms with Gasteiger partial charge in [-0.15, -0.1) is 11.3 Å². The third-order valence-electron chi connectivity index (χ3n) is 3.77. The van der Waals surface area contributed by atoms with Gasteiger partial charge in [-0.2, -0.15) is 0 Å². The summed E-state index contributed by atoms with van der Waals surface area (Å²) < 4.78 is 0. The fraction of sp³-hybridized carbons (Fsp3) is 0.211. The fourth-order valence-electron chi connectivity index (χ4n) is 2.45. The normalized spacial score (nSPS) is 10.7. The number of aryl methyl sites for hydroxylation is 1. The van der Waals surface area contributed by atoms with Crippen LogP contribution in [0.1, 0.15) is 17.0 Å². The summed E-state index contributed by atoms with van der Waals surface area (Å²) in [6.07, 6.45) is 5.50. The molecule has 0 saturated carbocycles. The number of amides is 1. The van der Waals surface area contributed by atoms with Gasteiger partial charge in [0, 0.05) is 36.3 Å². The number of carbonyl (C=O) groups excluding carboxylic acids is 1. The molecule has 2 aromatic heterocycles. The number of hydrogen-bond donors (Lipinski definition) is 1. The Balaban J connectivity index is 1.42. The first kappa shape index (κ1) is 18.8. The predicted octanol–water partition coefficient (Wildman–Crippen LogP) is 4.80. The lowest BCUT2D eigenvalue weighted by atomic mass is 10.1. The Morgan fingerprint density at radius 1 is 1.12 bits per heavy atom. The van der Waals surface area contributed by atoms with E-state index in [4.69, 9.17) is 23.2 Å². The summed E-state index contributed by atoms with van der Waals surface area (Å²) in [7, 11) is 0. The van der Waals surface area contributed by atoms with Crippen molar-refractivity contribution in [1.29, 1.82) is 0 Å². The predicted molar refractivity (Wildman–Crippen MR) is 107 cm³/mol. The number of nitrogens with zero attached hydrogens (tertiary/aromatic N) is 2. The lowest BCUT2D eigenvalue weighted by molar-refractivity contribution is -0.120. The third-order valence-corrected chi connectivity index (χ3v) is 5.41. The molecule has 0 saturated heterocycles. The van der Waals surface area contributed by atoms with Crippen molar-refractivity contribution < 1.29 is 4.79 Å². The van der Waals surface area contributed by atoms with Gasteiger partial charge in [0.2, 0.25) is 5.91 Å². The molecule has 0 aliphatic rings. The molecule has 26 heavy (non-hydrogen) atoms.